The summed E-state index contributed by atoms with van der Waals surface area (Å²) in [6.45, 7) is 9.88. The van der Waals surface area contributed by atoms with Gasteiger partial charge in [-0.15, -0.1) is 17.0 Å². The predicted octanol–water partition coefficient (Wildman–Crippen LogP) is 4.18. The summed E-state index contributed by atoms with van der Waals surface area (Å²) in [6.07, 6.45) is 2.22. The van der Waals surface area contributed by atoms with Crippen molar-refractivity contribution in [3.8, 4) is 0 Å². The Hall–Kier alpha value is -2.91. The van der Waals surface area contributed by atoms with Crippen molar-refractivity contribution in [2.75, 3.05) is 33.4 Å². The molecule has 0 aromatic heterocycles. The maximum atomic E-state index is 13.3. The molecule has 9 heteroatoms. The minimum Gasteiger partial charge on any atom is -0.463 e. The van der Waals surface area contributed by atoms with Crippen LogP contribution in [0, 0.1) is 0 Å². The summed E-state index contributed by atoms with van der Waals surface area (Å²) in [5.74, 6) is -2.20. The molecule has 198 valence electrons. The second-order valence-corrected chi connectivity index (χ2v) is 7.83. The Kier molecular flexibility index (Phi) is 13.2. The SMILES string of the molecule is Br.CCOC(=O)C1=C(C)NC(CNC)=C(C(=O)OCC)C1c1ccccc1/C=C(\CC)C(=O)OCC. The van der Waals surface area contributed by atoms with Gasteiger partial charge in [0.25, 0.3) is 0 Å². The number of hydrogen-bond donors (Lipinski definition) is 2. The third-order valence-electron chi connectivity index (χ3n) is 5.54. The first kappa shape index (κ1) is 31.1. The number of halogens is 1. The van der Waals surface area contributed by atoms with Crippen LogP contribution in [0.2, 0.25) is 0 Å². The summed E-state index contributed by atoms with van der Waals surface area (Å²) < 4.78 is 16.0. The number of dihydropyridines is 1. The lowest BCUT2D eigenvalue weighted by Crippen LogP contribution is -2.36. The number of allylic oxidation sites excluding steroid dienone is 1. The van der Waals surface area contributed by atoms with E-state index in [1.54, 1.807) is 40.8 Å². The maximum Gasteiger partial charge on any atom is 0.336 e. The van der Waals surface area contributed by atoms with Gasteiger partial charge in [0.15, 0.2) is 0 Å². The van der Waals surface area contributed by atoms with Crippen LogP contribution in [0.4, 0.5) is 0 Å². The van der Waals surface area contributed by atoms with Crippen molar-refractivity contribution in [2.45, 2.75) is 47.0 Å². The molecule has 1 atom stereocenters. The number of carbonyl (C=O) groups is 3. The van der Waals surface area contributed by atoms with Crippen molar-refractivity contribution in [1.29, 1.82) is 0 Å². The Morgan fingerprint density at radius 1 is 0.944 bits per heavy atom. The number of nitrogens with one attached hydrogen (secondary N) is 2. The molecule has 0 saturated heterocycles. The minimum atomic E-state index is -0.759. The Bertz CT molecular complexity index is 1040. The molecule has 0 radical (unpaired) electrons. The molecule has 2 N–H and O–H groups in total. The van der Waals surface area contributed by atoms with E-state index in [1.807, 2.05) is 31.2 Å². The van der Waals surface area contributed by atoms with Gasteiger partial charge in [0.05, 0.1) is 36.9 Å². The fourth-order valence-corrected chi connectivity index (χ4v) is 4.08. The average molecular weight is 566 g/mol. The Morgan fingerprint density at radius 2 is 1.53 bits per heavy atom. The van der Waals surface area contributed by atoms with Crippen molar-refractivity contribution in [1.82, 2.24) is 10.6 Å². The number of ether oxygens (including phenoxy) is 3. The van der Waals surface area contributed by atoms with Crippen molar-refractivity contribution in [3.63, 3.8) is 0 Å². The maximum absolute atomic E-state index is 13.3. The monoisotopic (exact) mass is 564 g/mol. The molecule has 0 bridgehead atoms. The highest BCUT2D eigenvalue weighted by Crippen LogP contribution is 2.41. The zero-order valence-electron chi connectivity index (χ0n) is 21.9. The molecule has 0 spiro atoms. The largest absolute Gasteiger partial charge is 0.463 e. The van der Waals surface area contributed by atoms with Gasteiger partial charge >= 0.3 is 17.9 Å². The normalized spacial score (nSPS) is 15.6. The van der Waals surface area contributed by atoms with Crippen LogP contribution >= 0.6 is 17.0 Å². The summed E-state index contributed by atoms with van der Waals surface area (Å²) in [5.41, 5.74) is 3.72. The van der Waals surface area contributed by atoms with E-state index in [4.69, 9.17) is 14.2 Å². The average Bonchev–Trinajstić information content (AvgIpc) is 2.82. The van der Waals surface area contributed by atoms with Crippen LogP contribution in [0.3, 0.4) is 0 Å². The van der Waals surface area contributed by atoms with Crippen molar-refractivity contribution >= 4 is 41.0 Å². The molecule has 1 aromatic rings. The molecule has 0 aliphatic carbocycles. The summed E-state index contributed by atoms with van der Waals surface area (Å²) in [4.78, 5) is 38.9. The van der Waals surface area contributed by atoms with E-state index in [0.29, 0.717) is 52.2 Å². The molecule has 1 aromatic carbocycles. The minimum absolute atomic E-state index is 0. The lowest BCUT2D eigenvalue weighted by atomic mass is 9.78. The number of carbonyl (C=O) groups excluding carboxylic acids is 3. The third kappa shape index (κ3) is 7.30. The predicted molar refractivity (Wildman–Crippen MR) is 144 cm³/mol. The van der Waals surface area contributed by atoms with Crippen LogP contribution in [0.5, 0.6) is 0 Å². The molecule has 0 saturated carbocycles. The molecule has 1 aliphatic heterocycles. The lowest BCUT2D eigenvalue weighted by molar-refractivity contribution is -0.140. The fraction of sp³-hybridized carbons (Fsp3) is 0.444. The highest BCUT2D eigenvalue weighted by atomic mass is 79.9. The van der Waals surface area contributed by atoms with E-state index in [9.17, 15) is 14.4 Å². The van der Waals surface area contributed by atoms with Crippen LogP contribution in [0.15, 0.2) is 52.4 Å². The van der Waals surface area contributed by atoms with Gasteiger partial charge in [0.1, 0.15) is 0 Å². The Balaban J connectivity index is 0.00000648. The van der Waals surface area contributed by atoms with Gasteiger partial charge in [0.2, 0.25) is 0 Å². The summed E-state index contributed by atoms with van der Waals surface area (Å²) in [7, 11) is 1.77. The number of esters is 3. The number of hydrogen-bond acceptors (Lipinski definition) is 8. The molecule has 1 heterocycles. The van der Waals surface area contributed by atoms with Crippen LogP contribution in [-0.2, 0) is 28.6 Å². The van der Waals surface area contributed by atoms with E-state index < -0.39 is 23.8 Å². The quantitative estimate of drug-likeness (QED) is 0.234. The van der Waals surface area contributed by atoms with Crippen LogP contribution in [0.1, 0.15) is 58.1 Å². The van der Waals surface area contributed by atoms with Gasteiger partial charge in [-0.3, -0.25) is 0 Å². The Labute approximate surface area is 223 Å². The lowest BCUT2D eigenvalue weighted by Gasteiger charge is -2.32. The van der Waals surface area contributed by atoms with Crippen LogP contribution in [-0.4, -0.2) is 51.3 Å². The number of benzene rings is 1. The molecule has 8 nitrogen and oxygen atoms in total. The van der Waals surface area contributed by atoms with Gasteiger partial charge in [-0.2, -0.15) is 0 Å². The first-order valence-electron chi connectivity index (χ1n) is 12.0. The van der Waals surface area contributed by atoms with Crippen molar-refractivity contribution in [3.05, 3.63) is 63.5 Å². The van der Waals surface area contributed by atoms with Crippen molar-refractivity contribution < 1.29 is 28.6 Å². The molecule has 36 heavy (non-hydrogen) atoms. The second kappa shape index (κ2) is 15.3. The third-order valence-corrected chi connectivity index (χ3v) is 5.54. The van der Waals surface area contributed by atoms with Gasteiger partial charge in [-0.05, 0) is 58.4 Å². The first-order chi connectivity index (χ1) is 16.8. The molecular formula is C27H37BrN2O6. The van der Waals surface area contributed by atoms with E-state index in [1.165, 1.54) is 0 Å². The summed E-state index contributed by atoms with van der Waals surface area (Å²) in [6, 6.07) is 7.38. The zero-order chi connectivity index (χ0) is 26.0. The van der Waals surface area contributed by atoms with E-state index in [-0.39, 0.29) is 36.8 Å². The molecule has 0 amide bonds. The molecule has 1 aliphatic rings. The standard InChI is InChI=1S/C27H36N2O6.BrH/c1-7-18(25(30)33-8-2)15-19-13-11-12-14-20(19)23-22(26(31)34-9-3)17(5)29-21(16-28-6)24(23)27(32)35-10-4;/h11-15,23,28-29H,7-10,16H2,1-6H3;1H/b18-15+;. The molecular weight excluding hydrogens is 528 g/mol. The number of likely N-dealkylation sites (N-methyl/N-ethyl adjacent to an activating group) is 1. The van der Waals surface area contributed by atoms with Gasteiger partial charge in [-0.1, -0.05) is 31.2 Å². The summed E-state index contributed by atoms with van der Waals surface area (Å²) >= 11 is 0. The van der Waals surface area contributed by atoms with Crippen molar-refractivity contribution in [2.24, 2.45) is 0 Å². The fourth-order valence-electron chi connectivity index (χ4n) is 4.08. The first-order valence-corrected chi connectivity index (χ1v) is 12.0. The van der Waals surface area contributed by atoms with Gasteiger partial charge in [0, 0.05) is 23.5 Å². The van der Waals surface area contributed by atoms with Gasteiger partial charge < -0.3 is 24.8 Å². The highest BCUT2D eigenvalue weighted by Gasteiger charge is 2.39. The Morgan fingerprint density at radius 3 is 2.08 bits per heavy atom. The molecule has 2 rings (SSSR count). The van der Waals surface area contributed by atoms with Crippen LogP contribution in [0.25, 0.3) is 6.08 Å². The van der Waals surface area contributed by atoms with E-state index in [2.05, 4.69) is 10.6 Å². The van der Waals surface area contributed by atoms with E-state index >= 15 is 0 Å². The second-order valence-electron chi connectivity index (χ2n) is 7.83. The topological polar surface area (TPSA) is 103 Å². The van der Waals surface area contributed by atoms with E-state index in [0.717, 1.165) is 0 Å². The highest BCUT2D eigenvalue weighted by molar-refractivity contribution is 8.93. The van der Waals surface area contributed by atoms with Crippen LogP contribution < -0.4 is 10.6 Å². The smallest absolute Gasteiger partial charge is 0.336 e. The van der Waals surface area contributed by atoms with Gasteiger partial charge in [-0.25, -0.2) is 14.4 Å². The summed E-state index contributed by atoms with van der Waals surface area (Å²) in [5, 5.41) is 6.28. The zero-order valence-corrected chi connectivity index (χ0v) is 23.6. The molecule has 1 unspecified atom stereocenters. The molecule has 0 fully saturated rings. The number of rotatable bonds is 11.